The van der Waals surface area contributed by atoms with Gasteiger partial charge in [-0.1, -0.05) is 86.7 Å². The number of ether oxygens (including phenoxy) is 2. The van der Waals surface area contributed by atoms with Crippen molar-refractivity contribution in [3.8, 4) is 0 Å². The molecule has 43 heavy (non-hydrogen) atoms. The molecule has 0 aromatic heterocycles. The molecule has 0 bridgehead atoms. The molecule has 3 N–H and O–H groups in total. The number of piperidine rings is 1. The number of carbonyl (C=O) groups is 4. The summed E-state index contributed by atoms with van der Waals surface area (Å²) in [6.07, 6.45) is 5.84. The van der Waals surface area contributed by atoms with E-state index in [9.17, 15) is 19.2 Å². The summed E-state index contributed by atoms with van der Waals surface area (Å²) in [7, 11) is 0. The van der Waals surface area contributed by atoms with Crippen LogP contribution in [0.5, 0.6) is 0 Å². The van der Waals surface area contributed by atoms with E-state index in [0.29, 0.717) is 30.9 Å². The molecule has 1 heterocycles. The second-order valence-electron chi connectivity index (χ2n) is 11.9. The highest BCUT2D eigenvalue weighted by atomic mass is 16.6. The summed E-state index contributed by atoms with van der Waals surface area (Å²) in [6.45, 7) is 2.17. The number of fused-ring (bicyclic) bond motifs is 1. The molecule has 10 heteroatoms. The number of nitrogens with one attached hydrogen (secondary N) is 3. The topological polar surface area (TPSA) is 138 Å². The summed E-state index contributed by atoms with van der Waals surface area (Å²) in [6, 6.07) is 16.2. The van der Waals surface area contributed by atoms with Crippen LogP contribution in [0.25, 0.3) is 0 Å². The van der Waals surface area contributed by atoms with Crippen molar-refractivity contribution in [2.45, 2.75) is 83.1 Å². The average Bonchev–Trinajstić information content (AvgIpc) is 3.63. The minimum atomic E-state index is -0.881. The first-order valence-corrected chi connectivity index (χ1v) is 15.2. The Morgan fingerprint density at radius 2 is 1.70 bits per heavy atom. The molecule has 2 aromatic carbocycles. The van der Waals surface area contributed by atoms with Crippen molar-refractivity contribution in [2.24, 2.45) is 11.8 Å². The summed E-state index contributed by atoms with van der Waals surface area (Å²) in [5.74, 6) is -0.557. The van der Waals surface area contributed by atoms with E-state index in [1.165, 1.54) is 13.3 Å². The smallest absolute Gasteiger partial charge is 0.413 e. The Morgan fingerprint density at radius 1 is 0.977 bits per heavy atom. The van der Waals surface area contributed by atoms with E-state index in [1.807, 2.05) is 30.3 Å². The fraction of sp³-hybridized carbons (Fsp3) is 0.485. The van der Waals surface area contributed by atoms with Crippen LogP contribution in [0.2, 0.25) is 0 Å². The molecule has 3 amide bonds. The lowest BCUT2D eigenvalue weighted by atomic mass is 9.85. The lowest BCUT2D eigenvalue weighted by Gasteiger charge is -2.32. The molecule has 1 saturated heterocycles. The highest BCUT2D eigenvalue weighted by molar-refractivity contribution is 6.04. The van der Waals surface area contributed by atoms with E-state index < -0.39 is 23.7 Å². The summed E-state index contributed by atoms with van der Waals surface area (Å²) >= 11 is 0. The molecule has 3 aliphatic rings. The van der Waals surface area contributed by atoms with E-state index in [1.54, 1.807) is 29.2 Å². The SMILES string of the molecule is CC(=O)O[C@H](CC1CCCCC1)C(=O)N1CC[C@@H]2C[C@@]21C(=O)NCc1ccc(C(=N)NC(=O)OCc2ccccc2)cc1. The first-order valence-electron chi connectivity index (χ1n) is 15.2. The van der Waals surface area contributed by atoms with E-state index >= 15 is 0 Å². The maximum atomic E-state index is 13.7. The van der Waals surface area contributed by atoms with Gasteiger partial charge in [0.05, 0.1) is 0 Å². The standard InChI is InChI=1S/C33H40N4O6/c1-22(38)43-28(18-23-8-4-2-5-9-23)30(39)37-17-16-27-19-33(27,37)31(40)35-20-24-12-14-26(15-13-24)29(34)36-32(41)42-21-25-10-6-3-7-11-25/h3,6-7,10-15,23,27-28H,2,4-5,8-9,16-21H2,1H3,(H,35,40)(H2,34,36,41)/t27-,28-,33+/m1/s1. The van der Waals surface area contributed by atoms with Crippen LogP contribution in [0.3, 0.4) is 0 Å². The van der Waals surface area contributed by atoms with Crippen molar-refractivity contribution in [2.75, 3.05) is 6.54 Å². The van der Waals surface area contributed by atoms with Gasteiger partial charge in [0, 0.05) is 25.6 Å². The van der Waals surface area contributed by atoms with Crippen molar-refractivity contribution in [3.63, 3.8) is 0 Å². The predicted molar refractivity (Wildman–Crippen MR) is 159 cm³/mol. The number of amidine groups is 1. The Labute approximate surface area is 252 Å². The largest absolute Gasteiger partial charge is 0.452 e. The van der Waals surface area contributed by atoms with Gasteiger partial charge in [-0.05, 0) is 42.2 Å². The highest BCUT2D eigenvalue weighted by Crippen LogP contribution is 2.56. The van der Waals surface area contributed by atoms with Crippen LogP contribution in [0.4, 0.5) is 4.79 Å². The molecule has 10 nitrogen and oxygen atoms in total. The number of esters is 1. The third kappa shape index (κ3) is 7.24. The lowest BCUT2D eigenvalue weighted by Crippen LogP contribution is -2.53. The highest BCUT2D eigenvalue weighted by Gasteiger charge is 2.68. The van der Waals surface area contributed by atoms with Crippen molar-refractivity contribution in [1.82, 2.24) is 15.5 Å². The molecule has 2 saturated carbocycles. The minimum Gasteiger partial charge on any atom is -0.452 e. The third-order valence-corrected chi connectivity index (χ3v) is 8.91. The third-order valence-electron chi connectivity index (χ3n) is 8.91. The molecule has 1 aliphatic heterocycles. The fourth-order valence-corrected chi connectivity index (χ4v) is 6.54. The molecule has 5 rings (SSSR count). The Morgan fingerprint density at radius 3 is 2.37 bits per heavy atom. The van der Waals surface area contributed by atoms with Crippen LogP contribution in [-0.2, 0) is 37.0 Å². The number of hydrogen-bond acceptors (Lipinski definition) is 7. The second-order valence-corrected chi connectivity index (χ2v) is 11.9. The average molecular weight is 589 g/mol. The lowest BCUT2D eigenvalue weighted by molar-refractivity contribution is -0.162. The molecule has 0 spiro atoms. The van der Waals surface area contributed by atoms with Crippen molar-refractivity contribution >= 4 is 29.7 Å². The maximum Gasteiger partial charge on any atom is 0.413 e. The van der Waals surface area contributed by atoms with Crippen LogP contribution >= 0.6 is 0 Å². The number of nitrogens with zero attached hydrogens (tertiary/aromatic N) is 1. The van der Waals surface area contributed by atoms with Crippen LogP contribution in [0, 0.1) is 17.2 Å². The van der Waals surface area contributed by atoms with Gasteiger partial charge >= 0.3 is 12.1 Å². The number of likely N-dealkylation sites (tertiary alicyclic amines) is 1. The minimum absolute atomic E-state index is 0.0935. The normalized spacial score (nSPS) is 21.7. The first kappa shape index (κ1) is 30.3. The first-order chi connectivity index (χ1) is 20.8. The van der Waals surface area contributed by atoms with Gasteiger partial charge in [0.1, 0.15) is 18.0 Å². The van der Waals surface area contributed by atoms with Gasteiger partial charge in [-0.3, -0.25) is 25.1 Å². The van der Waals surface area contributed by atoms with Gasteiger partial charge in [-0.15, -0.1) is 0 Å². The van der Waals surface area contributed by atoms with E-state index in [0.717, 1.165) is 43.2 Å². The van der Waals surface area contributed by atoms with Crippen LogP contribution in [-0.4, -0.2) is 52.8 Å². The molecule has 0 unspecified atom stereocenters. The molecule has 2 aromatic rings. The Hall–Kier alpha value is -4.21. The molecule has 3 fully saturated rings. The number of rotatable bonds is 10. The van der Waals surface area contributed by atoms with Crippen molar-refractivity contribution in [1.29, 1.82) is 5.41 Å². The Bertz CT molecular complexity index is 1340. The molecule has 3 atom stereocenters. The second kappa shape index (κ2) is 13.4. The van der Waals surface area contributed by atoms with Gasteiger partial charge in [0.25, 0.3) is 5.91 Å². The van der Waals surface area contributed by atoms with Gasteiger partial charge in [-0.2, -0.15) is 0 Å². The Kier molecular flexibility index (Phi) is 9.43. The number of alkyl carbamates (subject to hydrolysis) is 1. The van der Waals surface area contributed by atoms with Crippen LogP contribution in [0.15, 0.2) is 54.6 Å². The molecular formula is C33H40N4O6. The number of carbonyl (C=O) groups excluding carboxylic acids is 4. The number of amides is 3. The molecule has 228 valence electrons. The van der Waals surface area contributed by atoms with E-state index in [-0.39, 0.29) is 36.7 Å². The molecular weight excluding hydrogens is 548 g/mol. The van der Waals surface area contributed by atoms with Gasteiger partial charge in [0.15, 0.2) is 6.10 Å². The zero-order valence-electron chi connectivity index (χ0n) is 24.6. The fourth-order valence-electron chi connectivity index (χ4n) is 6.54. The number of benzene rings is 2. The maximum absolute atomic E-state index is 13.7. The van der Waals surface area contributed by atoms with Crippen LogP contribution < -0.4 is 10.6 Å². The summed E-state index contributed by atoms with van der Waals surface area (Å²) in [5, 5.41) is 13.6. The van der Waals surface area contributed by atoms with E-state index in [2.05, 4.69) is 10.6 Å². The van der Waals surface area contributed by atoms with Crippen molar-refractivity contribution in [3.05, 3.63) is 71.3 Å². The van der Waals surface area contributed by atoms with Crippen LogP contribution in [0.1, 0.15) is 75.0 Å². The van der Waals surface area contributed by atoms with Gasteiger partial charge < -0.3 is 19.7 Å². The predicted octanol–water partition coefficient (Wildman–Crippen LogP) is 4.45. The quantitative estimate of drug-likeness (QED) is 0.213. The van der Waals surface area contributed by atoms with Gasteiger partial charge in [-0.25, -0.2) is 4.79 Å². The molecule has 2 aliphatic carbocycles. The van der Waals surface area contributed by atoms with Gasteiger partial charge in [0.2, 0.25) is 5.91 Å². The summed E-state index contributed by atoms with van der Waals surface area (Å²) < 4.78 is 10.7. The monoisotopic (exact) mass is 588 g/mol. The Balaban J connectivity index is 1.13. The zero-order chi connectivity index (χ0) is 30.4. The number of hydrogen-bond donors (Lipinski definition) is 3. The van der Waals surface area contributed by atoms with Crippen molar-refractivity contribution < 1.29 is 28.7 Å². The summed E-state index contributed by atoms with van der Waals surface area (Å²) in [5.41, 5.74) is 1.28. The zero-order valence-corrected chi connectivity index (χ0v) is 24.6. The van der Waals surface area contributed by atoms with E-state index in [4.69, 9.17) is 14.9 Å². The molecule has 0 radical (unpaired) electrons. The summed E-state index contributed by atoms with van der Waals surface area (Å²) in [4.78, 5) is 52.8.